The monoisotopic (exact) mass is 383 g/mol. The second kappa shape index (κ2) is 9.85. The van der Waals surface area contributed by atoms with Crippen molar-refractivity contribution in [2.45, 2.75) is 84.2 Å². The van der Waals surface area contributed by atoms with E-state index in [9.17, 15) is 19.5 Å². The van der Waals surface area contributed by atoms with Crippen LogP contribution < -0.4 is 11.1 Å². The second-order valence-corrected chi connectivity index (χ2v) is 8.16. The Morgan fingerprint density at radius 3 is 2.48 bits per heavy atom. The fourth-order valence-electron chi connectivity index (χ4n) is 3.01. The van der Waals surface area contributed by atoms with Gasteiger partial charge in [0.15, 0.2) is 5.78 Å². The average Bonchev–Trinajstić information content (AvgIpc) is 2.97. The highest BCUT2D eigenvalue weighted by atomic mass is 16.6. The zero-order valence-corrected chi connectivity index (χ0v) is 16.9. The zero-order chi connectivity index (χ0) is 20.8. The molecule has 0 aromatic rings. The minimum atomic E-state index is -1.15. The molecule has 2 amide bonds. The number of ketones is 1. The maximum absolute atomic E-state index is 13.0. The highest BCUT2D eigenvalue weighted by Gasteiger charge is 2.36. The molecule has 0 aromatic carbocycles. The summed E-state index contributed by atoms with van der Waals surface area (Å²) < 4.78 is 5.23. The Bertz CT molecular complexity index is 576. The van der Waals surface area contributed by atoms with E-state index in [-0.39, 0.29) is 24.5 Å². The minimum absolute atomic E-state index is 0.112. The quantitative estimate of drug-likeness (QED) is 0.452. The number of aliphatic hydroxyl groups is 1. The van der Waals surface area contributed by atoms with Crippen LogP contribution in [0.3, 0.4) is 0 Å². The van der Waals surface area contributed by atoms with Gasteiger partial charge in [-0.1, -0.05) is 5.57 Å². The fraction of sp³-hybridized carbons (Fsp3) is 0.737. The number of hydrogen-bond donors (Lipinski definition) is 3. The molecule has 0 spiro atoms. The largest absolute Gasteiger partial charge is 0.444 e. The van der Waals surface area contributed by atoms with E-state index in [1.165, 1.54) is 11.0 Å². The third-order valence-electron chi connectivity index (χ3n) is 4.09. The van der Waals surface area contributed by atoms with Crippen molar-refractivity contribution in [2.24, 2.45) is 5.73 Å². The van der Waals surface area contributed by atoms with Gasteiger partial charge >= 0.3 is 6.09 Å². The third kappa shape index (κ3) is 8.09. The number of aliphatic hydroxyl groups excluding tert-OH is 1. The summed E-state index contributed by atoms with van der Waals surface area (Å²) in [6.07, 6.45) is 1.22. The molecule has 1 saturated heterocycles. The van der Waals surface area contributed by atoms with Crippen LogP contribution >= 0.6 is 0 Å². The molecule has 0 saturated carbocycles. The predicted molar refractivity (Wildman–Crippen MR) is 102 cm³/mol. The summed E-state index contributed by atoms with van der Waals surface area (Å²) in [7, 11) is 0. The second-order valence-electron chi connectivity index (χ2n) is 8.16. The summed E-state index contributed by atoms with van der Waals surface area (Å²) in [5.74, 6) is -0.478. The van der Waals surface area contributed by atoms with Crippen molar-refractivity contribution >= 4 is 17.8 Å². The van der Waals surface area contributed by atoms with Gasteiger partial charge in [0.05, 0.1) is 6.04 Å². The molecular weight excluding hydrogens is 350 g/mol. The number of hydrogen-bond acceptors (Lipinski definition) is 6. The first-order valence-corrected chi connectivity index (χ1v) is 9.32. The van der Waals surface area contributed by atoms with E-state index in [2.05, 4.69) is 5.32 Å². The van der Waals surface area contributed by atoms with Gasteiger partial charge in [-0.2, -0.15) is 0 Å². The van der Waals surface area contributed by atoms with Crippen LogP contribution in [0.5, 0.6) is 0 Å². The number of allylic oxidation sites excluding steroid dienone is 2. The van der Waals surface area contributed by atoms with Gasteiger partial charge in [0.2, 0.25) is 5.91 Å². The van der Waals surface area contributed by atoms with Crippen LogP contribution in [0.15, 0.2) is 11.6 Å². The Labute approximate surface area is 161 Å². The van der Waals surface area contributed by atoms with Gasteiger partial charge in [-0.3, -0.25) is 9.59 Å². The van der Waals surface area contributed by atoms with Crippen LogP contribution in [0.2, 0.25) is 0 Å². The van der Waals surface area contributed by atoms with Gasteiger partial charge in [-0.25, -0.2) is 4.79 Å². The maximum atomic E-state index is 13.0. The lowest BCUT2D eigenvalue weighted by Gasteiger charge is -2.31. The molecule has 4 N–H and O–H groups in total. The van der Waals surface area contributed by atoms with E-state index in [0.717, 1.165) is 12.0 Å². The molecule has 1 heterocycles. The van der Waals surface area contributed by atoms with Crippen molar-refractivity contribution in [1.82, 2.24) is 10.2 Å². The number of rotatable bonds is 7. The van der Waals surface area contributed by atoms with E-state index in [1.54, 1.807) is 20.8 Å². The number of ether oxygens (including phenoxy) is 1. The summed E-state index contributed by atoms with van der Waals surface area (Å²) in [6, 6.07) is -1.41. The third-order valence-corrected chi connectivity index (χ3v) is 4.09. The lowest BCUT2D eigenvalue weighted by Crippen LogP contribution is -2.54. The molecule has 2 unspecified atom stereocenters. The highest BCUT2D eigenvalue weighted by molar-refractivity contribution is 5.91. The smallest absolute Gasteiger partial charge is 0.408 e. The van der Waals surface area contributed by atoms with Crippen LogP contribution in [0.25, 0.3) is 0 Å². The van der Waals surface area contributed by atoms with Crippen molar-refractivity contribution < 1.29 is 24.2 Å². The van der Waals surface area contributed by atoms with E-state index in [4.69, 9.17) is 10.5 Å². The summed E-state index contributed by atoms with van der Waals surface area (Å²) in [5.41, 5.74) is 5.74. The van der Waals surface area contributed by atoms with Gasteiger partial charge in [-0.15, -0.1) is 0 Å². The van der Waals surface area contributed by atoms with Gasteiger partial charge in [0.1, 0.15) is 17.9 Å². The van der Waals surface area contributed by atoms with Gasteiger partial charge in [0.25, 0.3) is 0 Å². The van der Waals surface area contributed by atoms with E-state index >= 15 is 0 Å². The van der Waals surface area contributed by atoms with Crippen LogP contribution in [-0.2, 0) is 14.3 Å². The normalized spacial score (nSPS) is 19.2. The number of carbonyl (C=O) groups excluding carboxylic acids is 3. The van der Waals surface area contributed by atoms with E-state index in [1.807, 2.05) is 13.8 Å². The van der Waals surface area contributed by atoms with Gasteiger partial charge in [-0.05, 0) is 60.0 Å². The fourth-order valence-corrected chi connectivity index (χ4v) is 3.01. The molecule has 8 heteroatoms. The Hall–Kier alpha value is -1.93. The molecule has 1 aliphatic rings. The number of nitrogens with two attached hydrogens (primary N) is 1. The maximum Gasteiger partial charge on any atom is 0.408 e. The van der Waals surface area contributed by atoms with Crippen LogP contribution in [0, 0.1) is 0 Å². The molecular formula is C19H33N3O5. The Kier molecular flexibility index (Phi) is 8.43. The molecule has 0 bridgehead atoms. The van der Waals surface area contributed by atoms with E-state index < -0.39 is 30.0 Å². The topological polar surface area (TPSA) is 122 Å². The number of likely N-dealkylation sites (tertiary alicyclic amines) is 1. The molecule has 27 heavy (non-hydrogen) atoms. The van der Waals surface area contributed by atoms with Crippen LogP contribution in [0.1, 0.15) is 60.3 Å². The number of alkyl carbamates (subject to hydrolysis) is 1. The molecule has 3 atom stereocenters. The zero-order valence-electron chi connectivity index (χ0n) is 16.9. The van der Waals surface area contributed by atoms with Crippen molar-refractivity contribution in [1.29, 1.82) is 0 Å². The van der Waals surface area contributed by atoms with Crippen molar-refractivity contribution in [3.63, 3.8) is 0 Å². The summed E-state index contributed by atoms with van der Waals surface area (Å²) >= 11 is 0. The number of nitrogens with one attached hydrogen (secondary N) is 1. The van der Waals surface area contributed by atoms with Crippen LogP contribution in [0.4, 0.5) is 4.79 Å². The molecule has 1 rings (SSSR count). The first-order valence-electron chi connectivity index (χ1n) is 9.32. The van der Waals surface area contributed by atoms with Gasteiger partial charge < -0.3 is 25.8 Å². The van der Waals surface area contributed by atoms with Crippen LogP contribution in [-0.4, -0.2) is 58.2 Å². The average molecular weight is 383 g/mol. The Morgan fingerprint density at radius 2 is 1.96 bits per heavy atom. The molecule has 0 radical (unpaired) electrons. The van der Waals surface area contributed by atoms with Crippen molar-refractivity contribution in [2.75, 3.05) is 6.54 Å². The summed E-state index contributed by atoms with van der Waals surface area (Å²) in [6.45, 7) is 9.26. The highest BCUT2D eigenvalue weighted by Crippen LogP contribution is 2.21. The summed E-state index contributed by atoms with van der Waals surface area (Å²) in [4.78, 5) is 38.6. The molecule has 0 aromatic heterocycles. The molecule has 1 fully saturated rings. The lowest BCUT2D eigenvalue weighted by atomic mass is 10.1. The predicted octanol–water partition coefficient (Wildman–Crippen LogP) is 1.46. The number of nitrogens with zero attached hydrogens (tertiary/aromatic N) is 1. The molecule has 1 aliphatic heterocycles. The molecule has 154 valence electrons. The standard InChI is InChI=1S/C19H33N3O5/c1-12(2)11-13(23)8-9-14(21-18(26)27-19(3,4)5)17(25)22-10-6-7-15(22)16(20)24/h11,14-16,24H,6-10,20H2,1-5H3,(H,21,26)/t14-,15?,16?/m0/s1. The van der Waals surface area contributed by atoms with Gasteiger partial charge in [0, 0.05) is 13.0 Å². The van der Waals surface area contributed by atoms with E-state index in [0.29, 0.717) is 13.0 Å². The Balaban J connectivity index is 2.88. The molecule has 0 aliphatic carbocycles. The first kappa shape index (κ1) is 23.1. The number of carbonyl (C=O) groups is 3. The van der Waals surface area contributed by atoms with Crippen molar-refractivity contribution in [3.05, 3.63) is 11.6 Å². The first-order chi connectivity index (χ1) is 12.4. The SMILES string of the molecule is CC(C)=CC(=O)CC[C@H](NC(=O)OC(C)(C)C)C(=O)N1CCCC1C(N)O. The van der Waals surface area contributed by atoms with Crippen molar-refractivity contribution in [3.8, 4) is 0 Å². The lowest BCUT2D eigenvalue weighted by molar-refractivity contribution is -0.136. The molecule has 8 nitrogen and oxygen atoms in total. The summed E-state index contributed by atoms with van der Waals surface area (Å²) in [5, 5.41) is 12.3. The minimum Gasteiger partial charge on any atom is -0.444 e. The Morgan fingerprint density at radius 1 is 1.33 bits per heavy atom. The number of amides is 2.